The first-order chi connectivity index (χ1) is 11.0. The number of carbonyl (C=O) groups excluding carboxylic acids is 2. The molecule has 2 amide bonds. The number of nitrogens with zero attached hydrogens (tertiary/aromatic N) is 1. The van der Waals surface area contributed by atoms with Gasteiger partial charge in [0, 0.05) is 23.7 Å². The summed E-state index contributed by atoms with van der Waals surface area (Å²) in [5.41, 5.74) is 7.38. The molecule has 2 rings (SSSR count). The molecule has 1 saturated heterocycles. The minimum absolute atomic E-state index is 0.00347. The first-order valence-electron chi connectivity index (χ1n) is 7.93. The SMILES string of the molecule is CC(C)=CCSc1ccccc1C(=O)N1CCC[C@@H](C(N)=O)C1. The van der Waals surface area contributed by atoms with Gasteiger partial charge in [-0.1, -0.05) is 23.8 Å². The van der Waals surface area contributed by atoms with Gasteiger partial charge in [-0.3, -0.25) is 9.59 Å². The number of hydrogen-bond acceptors (Lipinski definition) is 3. The van der Waals surface area contributed by atoms with Crippen molar-refractivity contribution in [1.82, 2.24) is 4.90 Å². The molecular weight excluding hydrogens is 308 g/mol. The minimum atomic E-state index is -0.311. The molecular formula is C18H24N2O2S. The predicted octanol–water partition coefficient (Wildman–Crippen LogP) is 3.08. The molecule has 124 valence electrons. The minimum Gasteiger partial charge on any atom is -0.369 e. The van der Waals surface area contributed by atoms with Crippen LogP contribution in [0.25, 0.3) is 0 Å². The van der Waals surface area contributed by atoms with E-state index in [0.29, 0.717) is 18.7 Å². The van der Waals surface area contributed by atoms with Crippen LogP contribution in [0.5, 0.6) is 0 Å². The fourth-order valence-corrected chi connectivity index (χ4v) is 3.71. The van der Waals surface area contributed by atoms with E-state index in [0.717, 1.165) is 23.5 Å². The van der Waals surface area contributed by atoms with Crippen molar-refractivity contribution in [2.24, 2.45) is 11.7 Å². The average Bonchev–Trinajstić information content (AvgIpc) is 2.54. The van der Waals surface area contributed by atoms with E-state index in [4.69, 9.17) is 5.73 Å². The monoisotopic (exact) mass is 332 g/mol. The molecule has 0 aromatic heterocycles. The number of thioether (sulfide) groups is 1. The van der Waals surface area contributed by atoms with Gasteiger partial charge in [-0.2, -0.15) is 0 Å². The Bertz CT molecular complexity index is 609. The summed E-state index contributed by atoms with van der Waals surface area (Å²) in [5, 5.41) is 0. The number of primary amides is 1. The molecule has 0 bridgehead atoms. The van der Waals surface area contributed by atoms with Crippen molar-refractivity contribution in [2.75, 3.05) is 18.8 Å². The van der Waals surface area contributed by atoms with Gasteiger partial charge in [0.15, 0.2) is 0 Å². The molecule has 1 aliphatic heterocycles. The molecule has 0 aliphatic carbocycles. The highest BCUT2D eigenvalue weighted by atomic mass is 32.2. The Morgan fingerprint density at radius 1 is 1.35 bits per heavy atom. The van der Waals surface area contributed by atoms with Crippen LogP contribution in [0.2, 0.25) is 0 Å². The number of rotatable bonds is 5. The van der Waals surface area contributed by atoms with E-state index in [1.807, 2.05) is 24.3 Å². The van der Waals surface area contributed by atoms with E-state index in [1.54, 1.807) is 16.7 Å². The molecule has 1 heterocycles. The van der Waals surface area contributed by atoms with Crippen LogP contribution in [-0.4, -0.2) is 35.6 Å². The van der Waals surface area contributed by atoms with Gasteiger partial charge < -0.3 is 10.6 Å². The molecule has 1 aromatic carbocycles. The molecule has 1 aromatic rings. The fourth-order valence-electron chi connectivity index (χ4n) is 2.63. The highest BCUT2D eigenvalue weighted by molar-refractivity contribution is 7.99. The van der Waals surface area contributed by atoms with E-state index < -0.39 is 0 Å². The fraction of sp³-hybridized carbons (Fsp3) is 0.444. The Morgan fingerprint density at radius 3 is 2.78 bits per heavy atom. The van der Waals surface area contributed by atoms with Crippen molar-refractivity contribution >= 4 is 23.6 Å². The molecule has 0 spiro atoms. The lowest BCUT2D eigenvalue weighted by Crippen LogP contribution is -2.44. The van der Waals surface area contributed by atoms with E-state index in [9.17, 15) is 9.59 Å². The third-order valence-electron chi connectivity index (χ3n) is 3.96. The molecule has 2 N–H and O–H groups in total. The quantitative estimate of drug-likeness (QED) is 0.666. The summed E-state index contributed by atoms with van der Waals surface area (Å²) < 4.78 is 0. The van der Waals surface area contributed by atoms with Gasteiger partial charge in [-0.25, -0.2) is 0 Å². The average molecular weight is 332 g/mol. The second kappa shape index (κ2) is 8.20. The number of amides is 2. The Labute approximate surface area is 142 Å². The Morgan fingerprint density at radius 2 is 2.09 bits per heavy atom. The maximum atomic E-state index is 12.8. The third-order valence-corrected chi connectivity index (χ3v) is 4.96. The molecule has 1 aliphatic rings. The molecule has 4 nitrogen and oxygen atoms in total. The van der Waals surface area contributed by atoms with Crippen LogP contribution in [0.4, 0.5) is 0 Å². The summed E-state index contributed by atoms with van der Waals surface area (Å²) >= 11 is 1.66. The number of hydrogen-bond donors (Lipinski definition) is 1. The maximum Gasteiger partial charge on any atom is 0.255 e. The van der Waals surface area contributed by atoms with Crippen molar-refractivity contribution in [1.29, 1.82) is 0 Å². The summed E-state index contributed by atoms with van der Waals surface area (Å²) in [6.45, 7) is 5.25. The van der Waals surface area contributed by atoms with Gasteiger partial charge in [0.25, 0.3) is 5.91 Å². The number of piperidine rings is 1. The van der Waals surface area contributed by atoms with Crippen molar-refractivity contribution in [3.05, 3.63) is 41.5 Å². The Hall–Kier alpha value is -1.75. The van der Waals surface area contributed by atoms with Gasteiger partial charge in [-0.05, 0) is 38.8 Å². The lowest BCUT2D eigenvalue weighted by molar-refractivity contribution is -0.123. The number of nitrogens with two attached hydrogens (primary N) is 1. The lowest BCUT2D eigenvalue weighted by atomic mass is 9.97. The Balaban J connectivity index is 2.12. The van der Waals surface area contributed by atoms with Gasteiger partial charge in [0.1, 0.15) is 0 Å². The number of carbonyl (C=O) groups is 2. The first kappa shape index (κ1) is 17.6. The summed E-state index contributed by atoms with van der Waals surface area (Å²) in [7, 11) is 0. The van der Waals surface area contributed by atoms with Crippen molar-refractivity contribution < 1.29 is 9.59 Å². The second-order valence-corrected chi connectivity index (χ2v) is 7.14. The molecule has 1 fully saturated rings. The van der Waals surface area contributed by atoms with Crippen LogP contribution in [0.3, 0.4) is 0 Å². The Kier molecular flexibility index (Phi) is 6.28. The van der Waals surface area contributed by atoms with Crippen LogP contribution in [-0.2, 0) is 4.79 Å². The standard InChI is InChI=1S/C18H24N2O2S/c1-13(2)9-11-23-16-8-4-3-7-15(16)18(22)20-10-5-6-14(12-20)17(19)21/h3-4,7-9,14H,5-6,10-12H2,1-2H3,(H2,19,21)/t14-/m1/s1. The van der Waals surface area contributed by atoms with Gasteiger partial charge in [0.2, 0.25) is 5.91 Å². The molecule has 5 heteroatoms. The third kappa shape index (κ3) is 4.86. The number of allylic oxidation sites excluding steroid dienone is 1. The lowest BCUT2D eigenvalue weighted by Gasteiger charge is -2.31. The van der Waals surface area contributed by atoms with Crippen LogP contribution in [0, 0.1) is 5.92 Å². The van der Waals surface area contributed by atoms with Crippen LogP contribution >= 0.6 is 11.8 Å². The summed E-state index contributed by atoms with van der Waals surface area (Å²) in [6.07, 6.45) is 3.75. The number of benzene rings is 1. The maximum absolute atomic E-state index is 12.8. The number of likely N-dealkylation sites (tertiary alicyclic amines) is 1. The smallest absolute Gasteiger partial charge is 0.255 e. The summed E-state index contributed by atoms with van der Waals surface area (Å²) in [6, 6.07) is 7.67. The van der Waals surface area contributed by atoms with Crippen molar-refractivity contribution in [3.63, 3.8) is 0 Å². The molecule has 1 atom stereocenters. The van der Waals surface area contributed by atoms with Crippen LogP contribution in [0.15, 0.2) is 40.8 Å². The van der Waals surface area contributed by atoms with Gasteiger partial charge >= 0.3 is 0 Å². The topological polar surface area (TPSA) is 63.4 Å². The zero-order chi connectivity index (χ0) is 16.8. The molecule has 0 radical (unpaired) electrons. The molecule has 0 unspecified atom stereocenters. The van der Waals surface area contributed by atoms with E-state index in [1.165, 1.54) is 5.57 Å². The van der Waals surface area contributed by atoms with Crippen molar-refractivity contribution in [2.45, 2.75) is 31.6 Å². The summed E-state index contributed by atoms with van der Waals surface area (Å²) in [4.78, 5) is 27.0. The predicted molar refractivity (Wildman–Crippen MR) is 94.4 cm³/mol. The molecule has 0 saturated carbocycles. The second-order valence-electron chi connectivity index (χ2n) is 6.08. The highest BCUT2D eigenvalue weighted by Gasteiger charge is 2.28. The molecule has 23 heavy (non-hydrogen) atoms. The summed E-state index contributed by atoms with van der Waals surface area (Å²) in [5.74, 6) is 0.305. The largest absolute Gasteiger partial charge is 0.369 e. The van der Waals surface area contributed by atoms with E-state index in [-0.39, 0.29) is 17.7 Å². The van der Waals surface area contributed by atoms with E-state index in [2.05, 4.69) is 19.9 Å². The normalized spacial score (nSPS) is 17.7. The van der Waals surface area contributed by atoms with Crippen LogP contribution < -0.4 is 5.73 Å². The first-order valence-corrected chi connectivity index (χ1v) is 8.91. The van der Waals surface area contributed by atoms with E-state index >= 15 is 0 Å². The zero-order valence-electron chi connectivity index (χ0n) is 13.7. The van der Waals surface area contributed by atoms with Gasteiger partial charge in [-0.15, -0.1) is 11.8 Å². The van der Waals surface area contributed by atoms with Crippen LogP contribution in [0.1, 0.15) is 37.0 Å². The van der Waals surface area contributed by atoms with Gasteiger partial charge in [0.05, 0.1) is 11.5 Å². The van der Waals surface area contributed by atoms with Crippen molar-refractivity contribution in [3.8, 4) is 0 Å². The zero-order valence-corrected chi connectivity index (χ0v) is 14.6. The highest BCUT2D eigenvalue weighted by Crippen LogP contribution is 2.26.